The normalized spacial score (nSPS) is 11.3. The molecule has 0 bridgehead atoms. The maximum Gasteiger partial charge on any atom is 0.441 e. The lowest BCUT2D eigenvalue weighted by molar-refractivity contribution is -0.0327. The van der Waals surface area contributed by atoms with Crippen LogP contribution in [0.25, 0.3) is 0 Å². The summed E-state index contributed by atoms with van der Waals surface area (Å²) < 4.78 is 35.8. The van der Waals surface area contributed by atoms with E-state index in [1.807, 2.05) is 19.1 Å². The maximum atomic E-state index is 11.9. The van der Waals surface area contributed by atoms with Gasteiger partial charge in [0.25, 0.3) is 0 Å². The predicted molar refractivity (Wildman–Crippen MR) is 74.1 cm³/mol. The lowest BCUT2D eigenvalue weighted by Crippen LogP contribution is -2.15. The average Bonchev–Trinajstić information content (AvgIpc) is 2.22. The molecular weight excluding hydrogens is 281 g/mol. The van der Waals surface area contributed by atoms with Crippen molar-refractivity contribution in [2.45, 2.75) is 12.4 Å². The molecule has 0 atom stereocenters. The van der Waals surface area contributed by atoms with Crippen molar-refractivity contribution in [3.63, 3.8) is 0 Å². The van der Waals surface area contributed by atoms with E-state index in [9.17, 15) is 13.2 Å². The summed E-state index contributed by atoms with van der Waals surface area (Å²) in [5.41, 5.74) is 3.65. The number of hydrogen-bond acceptors (Lipinski definition) is 3. The number of anilines is 1. The summed E-state index contributed by atoms with van der Waals surface area (Å²) in [6.45, 7) is 2.09. The molecule has 0 aromatic heterocycles. The van der Waals surface area contributed by atoms with Crippen LogP contribution < -0.4 is 11.1 Å². The van der Waals surface area contributed by atoms with Crippen molar-refractivity contribution in [2.24, 2.45) is 5.73 Å². The van der Waals surface area contributed by atoms with Crippen molar-refractivity contribution in [2.75, 3.05) is 17.6 Å². The summed E-state index contributed by atoms with van der Waals surface area (Å²) in [6, 6.07) is 5.42. The zero-order valence-electron chi connectivity index (χ0n) is 9.67. The topological polar surface area (TPSA) is 38.0 Å². The van der Waals surface area contributed by atoms with Gasteiger partial charge in [-0.15, -0.1) is 0 Å². The Morgan fingerprint density at radius 3 is 2.67 bits per heavy atom. The second-order valence-corrected chi connectivity index (χ2v) is 5.23. The van der Waals surface area contributed by atoms with Gasteiger partial charge in [-0.05, 0) is 36.4 Å². The van der Waals surface area contributed by atoms with Crippen LogP contribution in [0.2, 0.25) is 0 Å². The molecule has 0 spiro atoms. The number of rotatable bonds is 5. The number of halogens is 3. The average molecular weight is 294 g/mol. The van der Waals surface area contributed by atoms with E-state index in [-0.39, 0.29) is 29.0 Å². The van der Waals surface area contributed by atoms with Gasteiger partial charge in [0, 0.05) is 23.5 Å². The Morgan fingerprint density at radius 1 is 1.44 bits per heavy atom. The van der Waals surface area contributed by atoms with Crippen LogP contribution in [0.4, 0.5) is 18.9 Å². The summed E-state index contributed by atoms with van der Waals surface area (Å²) in [6.07, 6.45) is 0. The largest absolute Gasteiger partial charge is 0.441 e. The highest BCUT2D eigenvalue weighted by molar-refractivity contribution is 8.00. The first-order chi connectivity index (χ1) is 8.29. The molecule has 7 heteroatoms. The van der Waals surface area contributed by atoms with Crippen LogP contribution >= 0.6 is 24.0 Å². The molecular formula is C11H13F3N2S2. The molecule has 1 aromatic carbocycles. The smallest absolute Gasteiger partial charge is 0.389 e. The molecule has 0 aliphatic carbocycles. The Morgan fingerprint density at radius 2 is 2.11 bits per heavy atom. The van der Waals surface area contributed by atoms with E-state index < -0.39 is 5.51 Å². The Labute approximate surface area is 113 Å². The van der Waals surface area contributed by atoms with E-state index in [0.29, 0.717) is 11.3 Å². The number of alkyl halides is 3. The van der Waals surface area contributed by atoms with Gasteiger partial charge in [0.15, 0.2) is 0 Å². The number of benzene rings is 1. The molecule has 100 valence electrons. The van der Waals surface area contributed by atoms with Gasteiger partial charge in [0.05, 0.1) is 0 Å². The second kappa shape index (κ2) is 6.29. The fourth-order valence-electron chi connectivity index (χ4n) is 1.37. The van der Waals surface area contributed by atoms with Crippen LogP contribution in [-0.2, 0) is 0 Å². The first-order valence-electron chi connectivity index (χ1n) is 5.14. The van der Waals surface area contributed by atoms with Crippen LogP contribution in [0.1, 0.15) is 11.1 Å². The van der Waals surface area contributed by atoms with E-state index in [2.05, 4.69) is 5.32 Å². The van der Waals surface area contributed by atoms with Gasteiger partial charge in [-0.2, -0.15) is 13.2 Å². The van der Waals surface area contributed by atoms with Crippen LogP contribution in [0.3, 0.4) is 0 Å². The maximum absolute atomic E-state index is 11.9. The Kier molecular flexibility index (Phi) is 5.28. The van der Waals surface area contributed by atoms with Gasteiger partial charge in [-0.25, -0.2) is 0 Å². The van der Waals surface area contributed by atoms with E-state index in [1.165, 1.54) is 0 Å². The SMILES string of the molecule is Cc1ccc(C(N)=S)c(NCCSC(F)(F)F)c1. The van der Waals surface area contributed by atoms with Crippen molar-refractivity contribution >= 4 is 34.7 Å². The minimum Gasteiger partial charge on any atom is -0.389 e. The molecule has 0 unspecified atom stereocenters. The summed E-state index contributed by atoms with van der Waals surface area (Å²) in [4.78, 5) is 0.223. The third-order valence-electron chi connectivity index (χ3n) is 2.12. The molecule has 0 heterocycles. The second-order valence-electron chi connectivity index (χ2n) is 3.63. The van der Waals surface area contributed by atoms with Gasteiger partial charge in [0.2, 0.25) is 0 Å². The number of hydrogen-bond donors (Lipinski definition) is 2. The third kappa shape index (κ3) is 5.14. The quantitative estimate of drug-likeness (QED) is 0.645. The van der Waals surface area contributed by atoms with E-state index in [4.69, 9.17) is 18.0 Å². The number of thioether (sulfide) groups is 1. The van der Waals surface area contributed by atoms with E-state index >= 15 is 0 Å². The Bertz CT molecular complexity index is 433. The van der Waals surface area contributed by atoms with Gasteiger partial charge in [-0.3, -0.25) is 0 Å². The molecule has 0 saturated carbocycles. The zero-order valence-corrected chi connectivity index (χ0v) is 11.3. The fraction of sp³-hybridized carbons (Fsp3) is 0.364. The summed E-state index contributed by atoms with van der Waals surface area (Å²) in [7, 11) is 0. The van der Waals surface area contributed by atoms with Crippen LogP contribution in [0.5, 0.6) is 0 Å². The lowest BCUT2D eigenvalue weighted by Gasteiger charge is -2.12. The molecule has 0 amide bonds. The van der Waals surface area contributed by atoms with Crippen molar-refractivity contribution in [1.29, 1.82) is 0 Å². The van der Waals surface area contributed by atoms with E-state index in [1.54, 1.807) is 6.07 Å². The Balaban J connectivity index is 2.61. The summed E-state index contributed by atoms with van der Waals surface area (Å²) in [5, 5.41) is 2.92. The lowest BCUT2D eigenvalue weighted by atomic mass is 10.1. The van der Waals surface area contributed by atoms with Gasteiger partial charge < -0.3 is 11.1 Å². The zero-order chi connectivity index (χ0) is 13.8. The van der Waals surface area contributed by atoms with E-state index in [0.717, 1.165) is 5.56 Å². The molecule has 1 rings (SSSR count). The van der Waals surface area contributed by atoms with Crippen molar-refractivity contribution in [1.82, 2.24) is 0 Å². The minimum absolute atomic E-state index is 0.0553. The molecule has 0 radical (unpaired) electrons. The standard InChI is InChI=1S/C11H13F3N2S2/c1-7-2-3-8(10(15)17)9(6-7)16-4-5-18-11(12,13)14/h2-3,6,16H,4-5H2,1H3,(H2,15,17). The van der Waals surface area contributed by atoms with Crippen LogP contribution in [0, 0.1) is 6.92 Å². The predicted octanol–water partition coefficient (Wildman–Crippen LogP) is 3.29. The molecule has 18 heavy (non-hydrogen) atoms. The molecule has 0 saturated heterocycles. The van der Waals surface area contributed by atoms with Crippen LogP contribution in [0.15, 0.2) is 18.2 Å². The molecule has 3 N–H and O–H groups in total. The Hall–Kier alpha value is -0.950. The van der Waals surface area contributed by atoms with Gasteiger partial charge in [-0.1, -0.05) is 18.3 Å². The highest BCUT2D eigenvalue weighted by Crippen LogP contribution is 2.29. The van der Waals surface area contributed by atoms with Gasteiger partial charge >= 0.3 is 5.51 Å². The first kappa shape index (κ1) is 15.1. The number of nitrogens with one attached hydrogen (secondary N) is 1. The van der Waals surface area contributed by atoms with Crippen molar-refractivity contribution in [3.05, 3.63) is 29.3 Å². The minimum atomic E-state index is -4.19. The molecule has 0 aliphatic rings. The first-order valence-corrected chi connectivity index (χ1v) is 6.54. The highest BCUT2D eigenvalue weighted by atomic mass is 32.2. The number of nitrogens with two attached hydrogens (primary N) is 1. The molecule has 2 nitrogen and oxygen atoms in total. The van der Waals surface area contributed by atoms with Crippen molar-refractivity contribution < 1.29 is 13.2 Å². The van der Waals surface area contributed by atoms with Crippen molar-refractivity contribution in [3.8, 4) is 0 Å². The van der Waals surface area contributed by atoms with Crippen LogP contribution in [-0.4, -0.2) is 22.8 Å². The third-order valence-corrected chi connectivity index (χ3v) is 3.08. The molecule has 0 aliphatic heterocycles. The summed E-state index contributed by atoms with van der Waals surface area (Å²) >= 11 is 4.83. The number of aryl methyl sites for hydroxylation is 1. The fourth-order valence-corrected chi connectivity index (χ4v) is 1.99. The monoisotopic (exact) mass is 294 g/mol. The highest BCUT2D eigenvalue weighted by Gasteiger charge is 2.27. The summed E-state index contributed by atoms with van der Waals surface area (Å²) in [5.74, 6) is -0.0613. The number of thiocarbonyl (C=S) groups is 1. The molecule has 0 fully saturated rings. The molecule has 1 aromatic rings. The van der Waals surface area contributed by atoms with Gasteiger partial charge in [0.1, 0.15) is 4.99 Å².